The third-order valence-corrected chi connectivity index (χ3v) is 17.2. The number of carbonyl (C=O) groups excluding carboxylic acids is 3. The SMILES string of the molecule is Cc1ncsc1-c1ccc(CNC(=O)[C@@H]2C[C@@H](O)CN2C(=O)[C@@H](NC(=O)CCCCCCCCC(O)N2CCN(CCOc3ccc(N4C5CCC4CN(c4cc(-c6ccccc6O)nnc4N)C5)cc3)CC2)C(C)(C)C)cc1. The van der Waals surface area contributed by atoms with E-state index < -0.39 is 29.8 Å². The number of nitrogens with two attached hydrogens (primary N) is 1. The Kier molecular flexibility index (Phi) is 19.1. The van der Waals surface area contributed by atoms with Gasteiger partial charge >= 0.3 is 0 Å². The minimum Gasteiger partial charge on any atom is -0.507 e. The van der Waals surface area contributed by atoms with E-state index >= 15 is 0 Å². The number of nitrogens with zero attached hydrogens (tertiary/aromatic N) is 8. The molecule has 0 radical (unpaired) electrons. The Morgan fingerprint density at radius 2 is 1.57 bits per heavy atom. The van der Waals surface area contributed by atoms with E-state index in [0.717, 1.165) is 130 Å². The molecule has 6 atom stereocenters. The predicted octanol–water partition coefficient (Wildman–Crippen LogP) is 6.97. The lowest BCUT2D eigenvalue weighted by Gasteiger charge is -2.43. The summed E-state index contributed by atoms with van der Waals surface area (Å²) in [5.41, 5.74) is 13.8. The number of nitrogen functional groups attached to an aromatic ring is 1. The first kappa shape index (κ1) is 57.3. The summed E-state index contributed by atoms with van der Waals surface area (Å²) in [5, 5.41) is 46.6. The molecule has 0 spiro atoms. The van der Waals surface area contributed by atoms with Gasteiger partial charge in [-0.1, -0.05) is 82.9 Å². The monoisotopic (exact) mass is 1100 g/mol. The van der Waals surface area contributed by atoms with Crippen molar-refractivity contribution in [3.63, 3.8) is 0 Å². The molecule has 5 aromatic rings. The zero-order chi connectivity index (χ0) is 55.6. The van der Waals surface area contributed by atoms with Gasteiger partial charge in [-0.05, 0) is 98.0 Å². The number of para-hydroxylation sites is 1. The van der Waals surface area contributed by atoms with Gasteiger partial charge in [-0.25, -0.2) is 4.98 Å². The van der Waals surface area contributed by atoms with Gasteiger partial charge in [0.1, 0.15) is 36.4 Å². The van der Waals surface area contributed by atoms with Crippen LogP contribution in [0.25, 0.3) is 21.7 Å². The van der Waals surface area contributed by atoms with Crippen LogP contribution in [0.5, 0.6) is 11.5 Å². The van der Waals surface area contributed by atoms with Crippen molar-refractivity contribution >= 4 is 46.3 Å². The minimum atomic E-state index is -0.855. The summed E-state index contributed by atoms with van der Waals surface area (Å²) in [4.78, 5) is 57.1. The van der Waals surface area contributed by atoms with Crippen molar-refractivity contribution in [1.29, 1.82) is 0 Å². The van der Waals surface area contributed by atoms with E-state index in [1.807, 2.05) is 75.7 Å². The summed E-state index contributed by atoms with van der Waals surface area (Å²) in [7, 11) is 0. The number of rotatable bonds is 23. The Hall–Kier alpha value is -6.38. The molecule has 4 fully saturated rings. The van der Waals surface area contributed by atoms with Gasteiger partial charge in [0.2, 0.25) is 17.7 Å². The number of amides is 3. The van der Waals surface area contributed by atoms with E-state index in [0.29, 0.717) is 48.6 Å². The highest BCUT2D eigenvalue weighted by Gasteiger charge is 2.45. The molecule has 18 nitrogen and oxygen atoms in total. The van der Waals surface area contributed by atoms with Crippen molar-refractivity contribution < 1.29 is 34.4 Å². The summed E-state index contributed by atoms with van der Waals surface area (Å²) in [6.45, 7) is 14.4. The van der Waals surface area contributed by atoms with Crippen LogP contribution < -0.4 is 30.9 Å². The van der Waals surface area contributed by atoms with Crippen LogP contribution in [0.3, 0.4) is 0 Å². The van der Waals surface area contributed by atoms with Crippen LogP contribution in [0, 0.1) is 12.3 Å². The van der Waals surface area contributed by atoms with E-state index in [-0.39, 0.29) is 43.0 Å². The number of aromatic nitrogens is 3. The van der Waals surface area contributed by atoms with E-state index in [9.17, 15) is 29.7 Å². The lowest BCUT2D eigenvalue weighted by Crippen LogP contribution is -2.57. The maximum Gasteiger partial charge on any atom is 0.246 e. The molecule has 2 aromatic heterocycles. The second-order valence-electron chi connectivity index (χ2n) is 23.0. The molecule has 6 heterocycles. The Morgan fingerprint density at radius 1 is 0.873 bits per heavy atom. The molecule has 0 aliphatic carbocycles. The maximum atomic E-state index is 14.1. The number of anilines is 3. The van der Waals surface area contributed by atoms with Gasteiger partial charge in [0, 0.05) is 95.1 Å². The highest BCUT2D eigenvalue weighted by molar-refractivity contribution is 7.13. The Bertz CT molecular complexity index is 2810. The van der Waals surface area contributed by atoms with Crippen LogP contribution in [0.15, 0.2) is 84.4 Å². The smallest absolute Gasteiger partial charge is 0.246 e. The number of aliphatic hydroxyl groups excluding tert-OH is 2. The number of carbonyl (C=O) groups is 3. The number of phenols is 1. The summed E-state index contributed by atoms with van der Waals surface area (Å²) in [6, 6.07) is 24.5. The zero-order valence-electron chi connectivity index (χ0n) is 46.4. The van der Waals surface area contributed by atoms with Crippen molar-refractivity contribution in [2.24, 2.45) is 5.41 Å². The second-order valence-corrected chi connectivity index (χ2v) is 23.9. The third-order valence-electron chi connectivity index (χ3n) is 16.3. The second kappa shape index (κ2) is 26.3. The Labute approximate surface area is 469 Å². The summed E-state index contributed by atoms with van der Waals surface area (Å²) < 4.78 is 6.22. The van der Waals surface area contributed by atoms with Gasteiger partial charge in [-0.3, -0.25) is 24.2 Å². The molecule has 4 aliphatic heterocycles. The van der Waals surface area contributed by atoms with Crippen LogP contribution in [0.2, 0.25) is 0 Å². The van der Waals surface area contributed by atoms with Gasteiger partial charge in [0.25, 0.3) is 0 Å². The average molecular weight is 1100 g/mol. The summed E-state index contributed by atoms with van der Waals surface area (Å²) in [5.74, 6) is 0.525. The molecule has 3 unspecified atom stereocenters. The molecule has 3 amide bonds. The molecular formula is C60H81N11O7S. The number of aryl methyl sites for hydroxylation is 1. The van der Waals surface area contributed by atoms with Crippen LogP contribution in [0.1, 0.15) is 103 Å². The first-order valence-electron chi connectivity index (χ1n) is 28.5. The molecule has 9 rings (SSSR count). The summed E-state index contributed by atoms with van der Waals surface area (Å²) >= 11 is 1.59. The fourth-order valence-electron chi connectivity index (χ4n) is 11.8. The molecule has 0 saturated carbocycles. The van der Waals surface area contributed by atoms with Gasteiger partial charge in [0.05, 0.1) is 33.6 Å². The van der Waals surface area contributed by atoms with Gasteiger partial charge in [0.15, 0.2) is 5.82 Å². The predicted molar refractivity (Wildman–Crippen MR) is 310 cm³/mol. The lowest BCUT2D eigenvalue weighted by atomic mass is 9.85. The molecule has 4 saturated heterocycles. The number of hydrogen-bond acceptors (Lipinski definition) is 16. The number of hydrogen-bond donors (Lipinski definition) is 6. The van der Waals surface area contributed by atoms with Crippen LogP contribution in [0.4, 0.5) is 17.2 Å². The number of unbranched alkanes of at least 4 members (excludes halogenated alkanes) is 5. The topological polar surface area (TPSA) is 226 Å². The average Bonchev–Trinajstić information content (AvgIpc) is 4.24. The normalized spacial score (nSPS) is 20.6. The van der Waals surface area contributed by atoms with Gasteiger partial charge in [-0.15, -0.1) is 21.5 Å². The number of nitrogens with one attached hydrogen (secondary N) is 2. The number of likely N-dealkylation sites (tertiary alicyclic amines) is 1. The number of ether oxygens (including phenoxy) is 1. The first-order chi connectivity index (χ1) is 38.1. The number of fused-ring (bicyclic) bond motifs is 2. The number of phenolic OH excluding ortho intramolecular Hbond substituents is 1. The van der Waals surface area contributed by atoms with Crippen molar-refractivity contribution in [1.82, 2.24) is 40.5 Å². The lowest BCUT2D eigenvalue weighted by molar-refractivity contribution is -0.144. The number of aliphatic hydroxyl groups is 2. The fourth-order valence-corrected chi connectivity index (χ4v) is 12.6. The zero-order valence-corrected chi connectivity index (χ0v) is 47.3. The molecule has 3 aromatic carbocycles. The molecule has 79 heavy (non-hydrogen) atoms. The molecule has 2 bridgehead atoms. The van der Waals surface area contributed by atoms with E-state index in [2.05, 4.69) is 69.7 Å². The highest BCUT2D eigenvalue weighted by Crippen LogP contribution is 2.40. The molecular weight excluding hydrogens is 1020 g/mol. The van der Waals surface area contributed by atoms with Crippen molar-refractivity contribution in [2.45, 2.75) is 141 Å². The molecule has 19 heteroatoms. The number of piperazine rings is 2. The number of thiazole rings is 1. The van der Waals surface area contributed by atoms with Gasteiger partial charge < -0.3 is 51.1 Å². The van der Waals surface area contributed by atoms with E-state index in [1.165, 1.54) is 10.6 Å². The van der Waals surface area contributed by atoms with Crippen LogP contribution in [-0.4, -0.2) is 158 Å². The van der Waals surface area contributed by atoms with E-state index in [4.69, 9.17) is 10.5 Å². The van der Waals surface area contributed by atoms with Gasteiger partial charge in [-0.2, -0.15) is 0 Å². The molecule has 7 N–H and O–H groups in total. The van der Waals surface area contributed by atoms with Crippen molar-refractivity contribution in [2.75, 3.05) is 74.5 Å². The van der Waals surface area contributed by atoms with Crippen molar-refractivity contribution in [3.05, 3.63) is 95.6 Å². The number of β-amino-alcohol motifs (C(OH)–C–C–N with tert-alkyl or cyclic N) is 1. The molecule has 424 valence electrons. The van der Waals surface area contributed by atoms with Crippen LogP contribution >= 0.6 is 11.3 Å². The summed E-state index contributed by atoms with van der Waals surface area (Å²) in [6.07, 6.45) is 7.63. The van der Waals surface area contributed by atoms with E-state index in [1.54, 1.807) is 23.5 Å². The minimum absolute atomic E-state index is 0.0314. The van der Waals surface area contributed by atoms with Crippen molar-refractivity contribution in [3.8, 4) is 33.2 Å². The molecule has 4 aliphatic rings. The third kappa shape index (κ3) is 14.5. The Morgan fingerprint density at radius 3 is 2.25 bits per heavy atom. The standard InChI is InChI=1S/C60H81N11O7S/c1-40-55(79-39-63-40)42-19-17-41(18-20-42)35-62-58(76)51-33-46(72)38-70(51)59(77)56(60(2,3)4)64-53(74)15-9-7-5-6-8-10-16-54(75)68-29-27-67(28-30-68)31-32-78-47-25-23-43(24-26-47)71-44-21-22-45(71)37-69(36-44)50-34-49(65-66-57(50)61)48-13-11-12-14-52(48)73/h11-14,17-20,23-26,34,39,44-46,51,54,56,72-73,75H,5-10,15-16,21-22,27-33,35-38H2,1-4H3,(H2,61,66)(H,62,76)(H,64,74)/t44?,45?,46-,51+,54?,56-/m1/s1. The Balaban J connectivity index is 0.618. The number of benzene rings is 3. The fraction of sp³-hybridized carbons (Fsp3) is 0.533. The quantitative estimate of drug-likeness (QED) is 0.0364. The highest BCUT2D eigenvalue weighted by atomic mass is 32.1. The largest absolute Gasteiger partial charge is 0.507 e. The van der Waals surface area contributed by atoms with Crippen LogP contribution in [-0.2, 0) is 20.9 Å². The number of aromatic hydroxyl groups is 1. The first-order valence-corrected chi connectivity index (χ1v) is 29.3. The maximum absolute atomic E-state index is 14.1.